The Kier molecular flexibility index (Phi) is 6.20. The first kappa shape index (κ1) is 15.0. The van der Waals surface area contributed by atoms with Crippen molar-refractivity contribution in [2.75, 3.05) is 13.2 Å². The molecule has 2 N–H and O–H groups in total. The van der Waals surface area contributed by atoms with Crippen molar-refractivity contribution in [1.29, 1.82) is 0 Å². The van der Waals surface area contributed by atoms with Crippen LogP contribution >= 0.6 is 0 Å². The Bertz CT molecular complexity index is 350. The average molecular weight is 249 g/mol. The maximum absolute atomic E-state index is 5.98. The van der Waals surface area contributed by atoms with E-state index in [4.69, 9.17) is 10.5 Å². The van der Waals surface area contributed by atoms with Crippen LogP contribution in [0.2, 0.25) is 0 Å². The summed E-state index contributed by atoms with van der Waals surface area (Å²) >= 11 is 0. The lowest BCUT2D eigenvalue weighted by atomic mass is 10.0. The van der Waals surface area contributed by atoms with Gasteiger partial charge in [0.15, 0.2) is 0 Å². The Hall–Kier alpha value is -1.02. The Morgan fingerprint density at radius 1 is 1.22 bits per heavy atom. The van der Waals surface area contributed by atoms with E-state index in [1.807, 2.05) is 0 Å². The fourth-order valence-corrected chi connectivity index (χ4v) is 2.38. The molecule has 1 rings (SSSR count). The largest absolute Gasteiger partial charge is 0.493 e. The van der Waals surface area contributed by atoms with E-state index in [1.165, 1.54) is 29.5 Å². The van der Waals surface area contributed by atoms with Gasteiger partial charge in [0.1, 0.15) is 5.75 Å². The third kappa shape index (κ3) is 4.34. The summed E-state index contributed by atoms with van der Waals surface area (Å²) in [5.41, 5.74) is 9.35. The van der Waals surface area contributed by atoms with Crippen LogP contribution in [0.15, 0.2) is 12.1 Å². The van der Waals surface area contributed by atoms with Crippen LogP contribution < -0.4 is 10.5 Å². The van der Waals surface area contributed by atoms with Gasteiger partial charge < -0.3 is 10.5 Å². The van der Waals surface area contributed by atoms with Gasteiger partial charge in [-0.1, -0.05) is 32.4 Å². The molecular formula is C16H27NO. The summed E-state index contributed by atoms with van der Waals surface area (Å²) in [7, 11) is 0. The third-order valence-electron chi connectivity index (χ3n) is 3.25. The van der Waals surface area contributed by atoms with Crippen LogP contribution in [0.3, 0.4) is 0 Å². The van der Waals surface area contributed by atoms with Crippen LogP contribution in [0.25, 0.3) is 0 Å². The summed E-state index contributed by atoms with van der Waals surface area (Å²) in [5.74, 6) is 1.68. The van der Waals surface area contributed by atoms with Gasteiger partial charge in [-0.3, -0.25) is 0 Å². The molecule has 0 spiro atoms. The Balaban J connectivity index is 2.71. The average Bonchev–Trinajstić information content (AvgIpc) is 2.28. The van der Waals surface area contributed by atoms with E-state index >= 15 is 0 Å². The molecule has 1 unspecified atom stereocenters. The van der Waals surface area contributed by atoms with E-state index in [9.17, 15) is 0 Å². The van der Waals surface area contributed by atoms with Crippen LogP contribution in [0.5, 0.6) is 5.75 Å². The fraction of sp³-hybridized carbons (Fsp3) is 0.625. The topological polar surface area (TPSA) is 35.2 Å². The molecule has 18 heavy (non-hydrogen) atoms. The van der Waals surface area contributed by atoms with Crippen LogP contribution in [0.1, 0.15) is 43.4 Å². The van der Waals surface area contributed by atoms with Crippen molar-refractivity contribution in [3.8, 4) is 5.75 Å². The zero-order chi connectivity index (χ0) is 13.5. The quantitative estimate of drug-likeness (QED) is 0.801. The minimum Gasteiger partial charge on any atom is -0.493 e. The Labute approximate surface area is 112 Å². The standard InChI is InChI=1S/C16H27NO/c1-5-6-12(2)11-18-16-13(3)9-15(7-8-17)10-14(16)4/h9-10,12H,5-8,11,17H2,1-4H3. The number of hydrogen-bond donors (Lipinski definition) is 1. The molecule has 0 saturated heterocycles. The molecule has 2 heteroatoms. The van der Waals surface area contributed by atoms with Gasteiger partial charge in [0.25, 0.3) is 0 Å². The van der Waals surface area contributed by atoms with Gasteiger partial charge in [-0.05, 0) is 55.8 Å². The van der Waals surface area contributed by atoms with Crippen molar-refractivity contribution < 1.29 is 4.74 Å². The highest BCUT2D eigenvalue weighted by atomic mass is 16.5. The van der Waals surface area contributed by atoms with Gasteiger partial charge in [-0.2, -0.15) is 0 Å². The smallest absolute Gasteiger partial charge is 0.125 e. The third-order valence-corrected chi connectivity index (χ3v) is 3.25. The van der Waals surface area contributed by atoms with Crippen molar-refractivity contribution >= 4 is 0 Å². The molecule has 1 aromatic carbocycles. The van der Waals surface area contributed by atoms with Crippen molar-refractivity contribution in [2.45, 2.75) is 47.0 Å². The summed E-state index contributed by atoms with van der Waals surface area (Å²) in [5, 5.41) is 0. The molecule has 0 bridgehead atoms. The van der Waals surface area contributed by atoms with Crippen molar-refractivity contribution in [2.24, 2.45) is 11.7 Å². The highest BCUT2D eigenvalue weighted by molar-refractivity contribution is 5.43. The Morgan fingerprint density at radius 2 is 1.83 bits per heavy atom. The molecule has 0 aliphatic rings. The molecule has 0 saturated carbocycles. The second-order valence-corrected chi connectivity index (χ2v) is 5.30. The molecule has 1 aromatic rings. The van der Waals surface area contributed by atoms with Gasteiger partial charge in [0, 0.05) is 0 Å². The summed E-state index contributed by atoms with van der Waals surface area (Å²) in [4.78, 5) is 0. The van der Waals surface area contributed by atoms with Gasteiger partial charge in [0.05, 0.1) is 6.61 Å². The fourth-order valence-electron chi connectivity index (χ4n) is 2.38. The molecule has 0 fully saturated rings. The summed E-state index contributed by atoms with van der Waals surface area (Å²) in [6.45, 7) is 10.2. The Morgan fingerprint density at radius 3 is 2.33 bits per heavy atom. The monoisotopic (exact) mass is 249 g/mol. The summed E-state index contributed by atoms with van der Waals surface area (Å²) in [6.07, 6.45) is 3.38. The van der Waals surface area contributed by atoms with E-state index in [-0.39, 0.29) is 0 Å². The number of hydrogen-bond acceptors (Lipinski definition) is 2. The number of aryl methyl sites for hydroxylation is 2. The molecule has 2 nitrogen and oxygen atoms in total. The molecule has 102 valence electrons. The highest BCUT2D eigenvalue weighted by Crippen LogP contribution is 2.25. The van der Waals surface area contributed by atoms with Crippen molar-refractivity contribution in [1.82, 2.24) is 0 Å². The van der Waals surface area contributed by atoms with Crippen LogP contribution in [-0.4, -0.2) is 13.2 Å². The molecule has 1 atom stereocenters. The van der Waals surface area contributed by atoms with E-state index in [0.717, 1.165) is 18.8 Å². The molecule has 0 aromatic heterocycles. The van der Waals surface area contributed by atoms with Gasteiger partial charge in [-0.15, -0.1) is 0 Å². The van der Waals surface area contributed by atoms with Gasteiger partial charge in [-0.25, -0.2) is 0 Å². The lowest BCUT2D eigenvalue weighted by molar-refractivity contribution is 0.248. The molecule has 0 aliphatic carbocycles. The van der Waals surface area contributed by atoms with Crippen molar-refractivity contribution in [3.63, 3.8) is 0 Å². The zero-order valence-corrected chi connectivity index (χ0v) is 12.3. The van der Waals surface area contributed by atoms with Gasteiger partial charge >= 0.3 is 0 Å². The highest BCUT2D eigenvalue weighted by Gasteiger charge is 2.08. The van der Waals surface area contributed by atoms with Crippen LogP contribution in [0, 0.1) is 19.8 Å². The molecule has 0 heterocycles. The first-order valence-corrected chi connectivity index (χ1v) is 7.01. The first-order valence-electron chi connectivity index (χ1n) is 7.01. The molecule has 0 amide bonds. The normalized spacial score (nSPS) is 12.5. The van der Waals surface area contributed by atoms with E-state index in [1.54, 1.807) is 0 Å². The van der Waals surface area contributed by atoms with E-state index < -0.39 is 0 Å². The molecule has 0 radical (unpaired) electrons. The molecular weight excluding hydrogens is 222 g/mol. The lowest BCUT2D eigenvalue weighted by Crippen LogP contribution is -2.10. The van der Waals surface area contributed by atoms with Gasteiger partial charge in [0.2, 0.25) is 0 Å². The lowest BCUT2D eigenvalue weighted by Gasteiger charge is -2.17. The number of nitrogens with two attached hydrogens (primary N) is 1. The minimum absolute atomic E-state index is 0.623. The van der Waals surface area contributed by atoms with Crippen LogP contribution in [-0.2, 0) is 6.42 Å². The number of ether oxygens (including phenoxy) is 1. The molecule has 0 aliphatic heterocycles. The predicted molar refractivity (Wildman–Crippen MR) is 78.2 cm³/mol. The van der Waals surface area contributed by atoms with E-state index in [2.05, 4.69) is 39.8 Å². The maximum atomic E-state index is 5.98. The number of benzene rings is 1. The second kappa shape index (κ2) is 7.42. The minimum atomic E-state index is 0.623. The first-order chi connectivity index (χ1) is 8.58. The number of rotatable bonds is 7. The maximum Gasteiger partial charge on any atom is 0.125 e. The second-order valence-electron chi connectivity index (χ2n) is 5.30. The van der Waals surface area contributed by atoms with Crippen LogP contribution in [0.4, 0.5) is 0 Å². The van der Waals surface area contributed by atoms with E-state index in [0.29, 0.717) is 12.5 Å². The van der Waals surface area contributed by atoms with Crippen molar-refractivity contribution in [3.05, 3.63) is 28.8 Å². The summed E-state index contributed by atoms with van der Waals surface area (Å²) < 4.78 is 5.98. The zero-order valence-electron chi connectivity index (χ0n) is 12.3. The summed E-state index contributed by atoms with van der Waals surface area (Å²) in [6, 6.07) is 4.39. The predicted octanol–water partition coefficient (Wildman–Crippen LogP) is 3.62. The SMILES string of the molecule is CCCC(C)COc1c(C)cc(CCN)cc1C.